The standard InChI is InChI=1S/C24H26N2O3S2/c27-24(26-21-9-5-2-6-10-21)20-13-11-18(12-14-20)17-25-31(28,29)23-16-15-22(30-23)19-7-3-1-4-8-19/h1,3-4,7-8,11-16,21,25H,2,5-6,9-10,17H2,(H,26,27). The van der Waals surface area contributed by atoms with Gasteiger partial charge in [0.1, 0.15) is 4.21 Å². The van der Waals surface area contributed by atoms with Crippen molar-refractivity contribution in [3.63, 3.8) is 0 Å². The van der Waals surface area contributed by atoms with E-state index >= 15 is 0 Å². The number of rotatable bonds is 7. The van der Waals surface area contributed by atoms with Crippen LogP contribution in [0, 0.1) is 0 Å². The van der Waals surface area contributed by atoms with Gasteiger partial charge in [0.15, 0.2) is 0 Å². The van der Waals surface area contributed by atoms with Crippen molar-refractivity contribution in [2.24, 2.45) is 0 Å². The van der Waals surface area contributed by atoms with Crippen LogP contribution in [0.1, 0.15) is 48.0 Å². The second-order valence-electron chi connectivity index (χ2n) is 7.81. The minimum atomic E-state index is -3.60. The highest BCUT2D eigenvalue weighted by molar-refractivity contribution is 7.91. The fourth-order valence-electron chi connectivity index (χ4n) is 3.76. The molecule has 0 atom stereocenters. The van der Waals surface area contributed by atoms with E-state index in [1.54, 1.807) is 30.3 Å². The van der Waals surface area contributed by atoms with E-state index in [1.807, 2.05) is 36.4 Å². The molecule has 31 heavy (non-hydrogen) atoms. The lowest BCUT2D eigenvalue weighted by molar-refractivity contribution is 0.0927. The molecule has 0 bridgehead atoms. The molecule has 0 saturated heterocycles. The molecule has 7 heteroatoms. The summed E-state index contributed by atoms with van der Waals surface area (Å²) in [6, 6.07) is 20.5. The van der Waals surface area contributed by atoms with E-state index in [0.717, 1.165) is 28.8 Å². The van der Waals surface area contributed by atoms with E-state index in [4.69, 9.17) is 0 Å². The molecule has 1 aliphatic carbocycles. The number of nitrogens with one attached hydrogen (secondary N) is 2. The molecule has 2 N–H and O–H groups in total. The minimum absolute atomic E-state index is 0.0638. The third-order valence-corrected chi connectivity index (χ3v) is 8.55. The van der Waals surface area contributed by atoms with Crippen LogP contribution in [-0.4, -0.2) is 20.4 Å². The van der Waals surface area contributed by atoms with Crippen LogP contribution >= 0.6 is 11.3 Å². The summed E-state index contributed by atoms with van der Waals surface area (Å²) in [7, 11) is -3.60. The monoisotopic (exact) mass is 454 g/mol. The molecule has 1 aromatic heterocycles. The van der Waals surface area contributed by atoms with Crippen molar-refractivity contribution in [1.82, 2.24) is 10.0 Å². The second-order valence-corrected chi connectivity index (χ2v) is 10.9. The molecule has 0 radical (unpaired) electrons. The number of thiophene rings is 1. The minimum Gasteiger partial charge on any atom is -0.349 e. The Morgan fingerprint density at radius 2 is 1.61 bits per heavy atom. The van der Waals surface area contributed by atoms with Gasteiger partial charge in [0, 0.05) is 23.0 Å². The summed E-state index contributed by atoms with van der Waals surface area (Å²) < 4.78 is 28.3. The highest BCUT2D eigenvalue weighted by atomic mass is 32.2. The zero-order valence-corrected chi connectivity index (χ0v) is 18.8. The van der Waals surface area contributed by atoms with Crippen molar-refractivity contribution in [3.8, 4) is 10.4 Å². The van der Waals surface area contributed by atoms with Gasteiger partial charge in [-0.2, -0.15) is 0 Å². The van der Waals surface area contributed by atoms with Gasteiger partial charge >= 0.3 is 0 Å². The van der Waals surface area contributed by atoms with Crippen molar-refractivity contribution >= 4 is 27.3 Å². The molecule has 0 unspecified atom stereocenters. The molecule has 3 aromatic rings. The Morgan fingerprint density at radius 3 is 2.32 bits per heavy atom. The van der Waals surface area contributed by atoms with E-state index < -0.39 is 10.0 Å². The normalized spacial score (nSPS) is 15.0. The van der Waals surface area contributed by atoms with Gasteiger partial charge in [-0.1, -0.05) is 61.7 Å². The Balaban J connectivity index is 1.35. The van der Waals surface area contributed by atoms with Crippen molar-refractivity contribution in [1.29, 1.82) is 0 Å². The zero-order chi connectivity index (χ0) is 21.7. The molecule has 5 nitrogen and oxygen atoms in total. The summed E-state index contributed by atoms with van der Waals surface area (Å²) in [4.78, 5) is 13.3. The maximum Gasteiger partial charge on any atom is 0.251 e. The largest absolute Gasteiger partial charge is 0.349 e. The van der Waals surface area contributed by atoms with Crippen molar-refractivity contribution < 1.29 is 13.2 Å². The van der Waals surface area contributed by atoms with Crippen LogP contribution in [0.3, 0.4) is 0 Å². The van der Waals surface area contributed by atoms with Crippen LogP contribution in [0.2, 0.25) is 0 Å². The van der Waals surface area contributed by atoms with Crippen LogP contribution in [0.25, 0.3) is 10.4 Å². The molecule has 1 saturated carbocycles. The summed E-state index contributed by atoms with van der Waals surface area (Å²) in [5.41, 5.74) is 2.40. The van der Waals surface area contributed by atoms with Gasteiger partial charge in [-0.3, -0.25) is 4.79 Å². The van der Waals surface area contributed by atoms with Crippen molar-refractivity contribution in [2.45, 2.75) is 48.9 Å². The predicted octanol–water partition coefficient (Wildman–Crippen LogP) is 4.96. The topological polar surface area (TPSA) is 75.3 Å². The smallest absolute Gasteiger partial charge is 0.251 e. The number of carbonyl (C=O) groups excluding carboxylic acids is 1. The average molecular weight is 455 g/mol. The Kier molecular flexibility index (Phi) is 6.85. The number of hydrogen-bond acceptors (Lipinski definition) is 4. The summed E-state index contributed by atoms with van der Waals surface area (Å²) in [5, 5.41) is 3.10. The first-order valence-electron chi connectivity index (χ1n) is 10.6. The Morgan fingerprint density at radius 1 is 0.903 bits per heavy atom. The molecule has 0 aliphatic heterocycles. The van der Waals surface area contributed by atoms with Gasteiger partial charge in [0.05, 0.1) is 0 Å². The maximum atomic E-state index is 12.7. The van der Waals surface area contributed by atoms with Gasteiger partial charge < -0.3 is 5.32 Å². The summed E-state index contributed by atoms with van der Waals surface area (Å²) >= 11 is 1.25. The Hall–Kier alpha value is -2.48. The number of amides is 1. The lowest BCUT2D eigenvalue weighted by Gasteiger charge is -2.22. The first-order chi connectivity index (χ1) is 15.0. The maximum absolute atomic E-state index is 12.7. The van der Waals surface area contributed by atoms with Crippen LogP contribution in [-0.2, 0) is 16.6 Å². The molecule has 1 fully saturated rings. The third-order valence-electron chi connectivity index (χ3n) is 5.53. The van der Waals surface area contributed by atoms with Gasteiger partial charge in [-0.25, -0.2) is 13.1 Å². The molecule has 4 rings (SSSR count). The molecule has 0 spiro atoms. The van der Waals surface area contributed by atoms with Crippen LogP contribution in [0.4, 0.5) is 0 Å². The lowest BCUT2D eigenvalue weighted by atomic mass is 9.95. The Labute approximate surface area is 187 Å². The SMILES string of the molecule is O=C(NC1CCCCC1)c1ccc(CNS(=O)(=O)c2ccc(-c3ccccc3)s2)cc1. The Bertz CT molecular complexity index is 1120. The average Bonchev–Trinajstić information content (AvgIpc) is 3.31. The molecule has 2 aromatic carbocycles. The fourth-order valence-corrected chi connectivity index (χ4v) is 6.14. The molecule has 1 amide bonds. The number of benzene rings is 2. The first kappa shape index (κ1) is 21.7. The van der Waals surface area contributed by atoms with E-state index in [1.165, 1.54) is 30.6 Å². The predicted molar refractivity (Wildman–Crippen MR) is 125 cm³/mol. The van der Waals surface area contributed by atoms with Crippen LogP contribution in [0.5, 0.6) is 0 Å². The third kappa shape index (κ3) is 5.61. The van der Waals surface area contributed by atoms with Gasteiger partial charge in [0.25, 0.3) is 5.91 Å². The highest BCUT2D eigenvalue weighted by Gasteiger charge is 2.18. The van der Waals surface area contributed by atoms with E-state index in [9.17, 15) is 13.2 Å². The summed E-state index contributed by atoms with van der Waals surface area (Å²) in [6.45, 7) is 0.172. The van der Waals surface area contributed by atoms with E-state index in [-0.39, 0.29) is 22.7 Å². The van der Waals surface area contributed by atoms with Gasteiger partial charge in [-0.15, -0.1) is 11.3 Å². The van der Waals surface area contributed by atoms with Crippen molar-refractivity contribution in [2.75, 3.05) is 0 Å². The van der Waals surface area contributed by atoms with Gasteiger partial charge in [-0.05, 0) is 48.2 Å². The second kappa shape index (κ2) is 9.77. The zero-order valence-electron chi connectivity index (χ0n) is 17.2. The van der Waals surface area contributed by atoms with Crippen LogP contribution < -0.4 is 10.0 Å². The summed E-state index contributed by atoms with van der Waals surface area (Å²) in [5.74, 6) is -0.0638. The quantitative estimate of drug-likeness (QED) is 0.530. The van der Waals surface area contributed by atoms with Crippen LogP contribution in [0.15, 0.2) is 70.9 Å². The summed E-state index contributed by atoms with van der Waals surface area (Å²) in [6.07, 6.45) is 5.67. The number of hydrogen-bond donors (Lipinski definition) is 2. The fraction of sp³-hybridized carbons (Fsp3) is 0.292. The molecule has 1 aliphatic rings. The van der Waals surface area contributed by atoms with E-state index in [2.05, 4.69) is 10.0 Å². The van der Waals surface area contributed by atoms with Gasteiger partial charge in [0.2, 0.25) is 10.0 Å². The molecular formula is C24H26N2O3S2. The molecular weight excluding hydrogens is 428 g/mol. The first-order valence-corrected chi connectivity index (χ1v) is 12.9. The van der Waals surface area contributed by atoms with Crippen molar-refractivity contribution in [3.05, 3.63) is 77.9 Å². The lowest BCUT2D eigenvalue weighted by Crippen LogP contribution is -2.36. The number of sulfonamides is 1. The molecule has 1 heterocycles. The molecule has 162 valence electrons. The highest BCUT2D eigenvalue weighted by Crippen LogP contribution is 2.30. The van der Waals surface area contributed by atoms with E-state index in [0.29, 0.717) is 5.56 Å². The number of carbonyl (C=O) groups is 1.